The highest BCUT2D eigenvalue weighted by molar-refractivity contribution is 7.21. The highest BCUT2D eigenvalue weighted by Gasteiger charge is 2.22. The molecule has 0 aliphatic heterocycles. The third-order valence-corrected chi connectivity index (χ3v) is 4.85. The van der Waals surface area contributed by atoms with Crippen molar-refractivity contribution in [3.8, 4) is 0 Å². The van der Waals surface area contributed by atoms with Crippen molar-refractivity contribution in [2.75, 3.05) is 6.54 Å². The lowest BCUT2D eigenvalue weighted by Crippen LogP contribution is -2.39. The number of carbonyl (C=O) groups is 1. The van der Waals surface area contributed by atoms with Gasteiger partial charge in [0, 0.05) is 16.6 Å². The lowest BCUT2D eigenvalue weighted by atomic mass is 10.0. The van der Waals surface area contributed by atoms with Crippen molar-refractivity contribution in [1.82, 2.24) is 5.32 Å². The second kappa shape index (κ2) is 5.68. The van der Waals surface area contributed by atoms with Crippen molar-refractivity contribution < 1.29 is 14.3 Å². The molecular weight excluding hydrogens is 301 g/mol. The van der Waals surface area contributed by atoms with E-state index in [1.807, 2.05) is 6.92 Å². The number of hydrogen-bond acceptors (Lipinski definition) is 3. The Labute approximate surface area is 125 Å². The summed E-state index contributed by atoms with van der Waals surface area (Å²) in [5.41, 5.74) is -0.953. The molecule has 108 valence electrons. The number of aliphatic hydroxyl groups is 1. The molecule has 0 spiro atoms. The monoisotopic (exact) mass is 315 g/mol. The Kier molecular flexibility index (Phi) is 4.32. The molecule has 6 heteroatoms. The summed E-state index contributed by atoms with van der Waals surface area (Å²) in [5, 5.41) is 13.5. The lowest BCUT2D eigenvalue weighted by Gasteiger charge is -2.21. The van der Waals surface area contributed by atoms with E-state index < -0.39 is 5.60 Å². The fraction of sp³-hybridized carbons (Fsp3) is 0.357. The minimum Gasteiger partial charge on any atom is -0.388 e. The summed E-state index contributed by atoms with van der Waals surface area (Å²) < 4.78 is 13.8. The minimum atomic E-state index is -0.953. The maximum absolute atomic E-state index is 13.2. The van der Waals surface area contributed by atoms with E-state index in [1.165, 1.54) is 12.1 Å². The van der Waals surface area contributed by atoms with Crippen LogP contribution in [0.1, 0.15) is 29.9 Å². The predicted octanol–water partition coefficient (Wildman–Crippen LogP) is 3.58. The van der Waals surface area contributed by atoms with Crippen LogP contribution in [0.4, 0.5) is 4.39 Å². The number of fused-ring (bicyclic) bond motifs is 1. The van der Waals surface area contributed by atoms with Crippen LogP contribution < -0.4 is 5.32 Å². The summed E-state index contributed by atoms with van der Waals surface area (Å²) >= 11 is 7.29. The lowest BCUT2D eigenvalue weighted by molar-refractivity contribution is 0.0519. The Morgan fingerprint density at radius 3 is 2.90 bits per heavy atom. The van der Waals surface area contributed by atoms with Crippen LogP contribution in [-0.4, -0.2) is 23.2 Å². The second-order valence-electron chi connectivity index (χ2n) is 4.92. The van der Waals surface area contributed by atoms with Gasteiger partial charge in [-0.2, -0.15) is 0 Å². The molecule has 2 N–H and O–H groups in total. The Morgan fingerprint density at radius 2 is 2.25 bits per heavy atom. The molecule has 1 unspecified atom stereocenters. The fourth-order valence-corrected chi connectivity index (χ4v) is 3.12. The molecule has 3 nitrogen and oxygen atoms in total. The smallest absolute Gasteiger partial charge is 0.263 e. The van der Waals surface area contributed by atoms with E-state index >= 15 is 0 Å². The van der Waals surface area contributed by atoms with Crippen molar-refractivity contribution >= 4 is 38.9 Å². The molecule has 0 radical (unpaired) electrons. The summed E-state index contributed by atoms with van der Waals surface area (Å²) in [7, 11) is 0. The highest BCUT2D eigenvalue weighted by atomic mass is 35.5. The number of hydrogen-bond donors (Lipinski definition) is 2. The summed E-state index contributed by atoms with van der Waals surface area (Å²) in [4.78, 5) is 12.4. The van der Waals surface area contributed by atoms with Gasteiger partial charge in [0.25, 0.3) is 5.91 Å². The van der Waals surface area contributed by atoms with Gasteiger partial charge in [0.15, 0.2) is 0 Å². The van der Waals surface area contributed by atoms with Gasteiger partial charge in [-0.05, 0) is 31.5 Å². The van der Waals surface area contributed by atoms with Crippen molar-refractivity contribution in [3.63, 3.8) is 0 Å². The predicted molar refractivity (Wildman–Crippen MR) is 80.0 cm³/mol. The number of thiophene rings is 1. The van der Waals surface area contributed by atoms with E-state index in [4.69, 9.17) is 11.6 Å². The Bertz CT molecular complexity index is 654. The number of rotatable bonds is 4. The summed E-state index contributed by atoms with van der Waals surface area (Å²) in [5.74, 6) is -0.721. The average Bonchev–Trinajstić information content (AvgIpc) is 2.73. The molecule has 1 aromatic carbocycles. The maximum atomic E-state index is 13.2. The molecule has 0 aliphatic carbocycles. The van der Waals surface area contributed by atoms with Gasteiger partial charge in [0.2, 0.25) is 0 Å². The minimum absolute atomic E-state index is 0.140. The van der Waals surface area contributed by atoms with Crippen LogP contribution in [0.2, 0.25) is 5.02 Å². The maximum Gasteiger partial charge on any atom is 0.263 e. The Balaban J connectivity index is 2.24. The van der Waals surface area contributed by atoms with Gasteiger partial charge in [0.05, 0.1) is 10.6 Å². The molecule has 0 bridgehead atoms. The number of benzene rings is 1. The van der Waals surface area contributed by atoms with E-state index in [0.717, 1.165) is 11.3 Å². The molecule has 0 fully saturated rings. The van der Waals surface area contributed by atoms with Crippen LogP contribution in [0.25, 0.3) is 10.1 Å². The SMILES string of the molecule is CCC(C)(O)CNC(=O)c1sc2cc(F)ccc2c1Cl. The zero-order valence-corrected chi connectivity index (χ0v) is 12.7. The Hall–Kier alpha value is -1.17. The van der Waals surface area contributed by atoms with E-state index in [1.54, 1.807) is 13.0 Å². The molecular formula is C14H15ClFNO2S. The van der Waals surface area contributed by atoms with Gasteiger partial charge in [-0.25, -0.2) is 4.39 Å². The van der Waals surface area contributed by atoms with Crippen LogP contribution in [0, 0.1) is 5.82 Å². The van der Waals surface area contributed by atoms with Crippen molar-refractivity contribution in [3.05, 3.63) is 33.9 Å². The summed E-state index contributed by atoms with van der Waals surface area (Å²) in [6.07, 6.45) is 0.526. The zero-order valence-electron chi connectivity index (χ0n) is 11.2. The van der Waals surface area contributed by atoms with Crippen LogP contribution in [0.5, 0.6) is 0 Å². The van der Waals surface area contributed by atoms with Crippen LogP contribution >= 0.6 is 22.9 Å². The third-order valence-electron chi connectivity index (χ3n) is 3.19. The first kappa shape index (κ1) is 15.2. The quantitative estimate of drug-likeness (QED) is 0.906. The molecule has 20 heavy (non-hydrogen) atoms. The van der Waals surface area contributed by atoms with Gasteiger partial charge in [-0.15, -0.1) is 11.3 Å². The first-order valence-electron chi connectivity index (χ1n) is 6.22. The molecule has 0 saturated heterocycles. The number of nitrogens with one attached hydrogen (secondary N) is 1. The van der Waals surface area contributed by atoms with E-state index in [2.05, 4.69) is 5.32 Å². The molecule has 2 rings (SSSR count). The van der Waals surface area contributed by atoms with Gasteiger partial charge in [-0.1, -0.05) is 18.5 Å². The molecule has 0 saturated carbocycles. The fourth-order valence-electron chi connectivity index (χ4n) is 1.66. The largest absolute Gasteiger partial charge is 0.388 e. The number of amides is 1. The van der Waals surface area contributed by atoms with Crippen molar-refractivity contribution in [2.24, 2.45) is 0 Å². The van der Waals surface area contributed by atoms with Crippen molar-refractivity contribution in [2.45, 2.75) is 25.9 Å². The molecule has 2 aromatic rings. The van der Waals surface area contributed by atoms with E-state index in [0.29, 0.717) is 26.4 Å². The van der Waals surface area contributed by atoms with Crippen molar-refractivity contribution in [1.29, 1.82) is 0 Å². The van der Waals surface area contributed by atoms with Gasteiger partial charge in [0.1, 0.15) is 10.7 Å². The number of carbonyl (C=O) groups excluding carboxylic acids is 1. The Morgan fingerprint density at radius 1 is 1.55 bits per heavy atom. The second-order valence-corrected chi connectivity index (χ2v) is 6.35. The average molecular weight is 316 g/mol. The highest BCUT2D eigenvalue weighted by Crippen LogP contribution is 2.35. The molecule has 0 aliphatic rings. The molecule has 1 aromatic heterocycles. The van der Waals surface area contributed by atoms with Crippen LogP contribution in [0.15, 0.2) is 18.2 Å². The van der Waals surface area contributed by atoms with Gasteiger partial charge >= 0.3 is 0 Å². The molecule has 1 heterocycles. The third kappa shape index (κ3) is 3.11. The normalized spacial score (nSPS) is 14.2. The summed E-state index contributed by atoms with van der Waals surface area (Å²) in [6.45, 7) is 3.62. The van der Waals surface area contributed by atoms with E-state index in [-0.39, 0.29) is 18.3 Å². The summed E-state index contributed by atoms with van der Waals surface area (Å²) in [6, 6.07) is 4.22. The van der Waals surface area contributed by atoms with E-state index in [9.17, 15) is 14.3 Å². The van der Waals surface area contributed by atoms with Gasteiger partial charge < -0.3 is 10.4 Å². The standard InChI is InChI=1S/C14H15ClFNO2S/c1-3-14(2,19)7-17-13(18)12-11(15)9-5-4-8(16)6-10(9)20-12/h4-6,19H,3,7H2,1-2H3,(H,17,18). The van der Waals surface area contributed by atoms with Crippen LogP contribution in [-0.2, 0) is 0 Å². The molecule has 1 amide bonds. The van der Waals surface area contributed by atoms with Gasteiger partial charge in [-0.3, -0.25) is 4.79 Å². The molecule has 1 atom stereocenters. The first-order chi connectivity index (χ1) is 9.34. The topological polar surface area (TPSA) is 49.3 Å². The first-order valence-corrected chi connectivity index (χ1v) is 7.41. The number of halogens is 2. The van der Waals surface area contributed by atoms with Crippen LogP contribution in [0.3, 0.4) is 0 Å². The zero-order chi connectivity index (χ0) is 14.9.